The summed E-state index contributed by atoms with van der Waals surface area (Å²) in [6, 6.07) is 4.26. The molecule has 1 saturated heterocycles. The number of fused-ring (bicyclic) bond motifs is 1. The fourth-order valence-electron chi connectivity index (χ4n) is 3.57. The highest BCUT2D eigenvalue weighted by Gasteiger charge is 2.24. The van der Waals surface area contributed by atoms with Crippen LogP contribution in [0, 0.1) is 6.92 Å². The first-order valence-electron chi connectivity index (χ1n) is 8.95. The standard InChI is InChI=1S/C18H20N8O/c1-11-10-27-6-5-25(11)17-7-13(14-8-21-22-12(14)2)16-9-19-18(26(16)24-17)15-3-4-20-23-15/h3-4,7-9,11H,5-6,10H2,1-2H3,(H,20,23)(H,21,22)/t11-/m1/s1. The van der Waals surface area contributed by atoms with E-state index in [4.69, 9.17) is 9.84 Å². The van der Waals surface area contributed by atoms with Gasteiger partial charge in [0.05, 0.1) is 37.2 Å². The quantitative estimate of drug-likeness (QED) is 0.577. The van der Waals surface area contributed by atoms with Crippen molar-refractivity contribution < 1.29 is 4.74 Å². The zero-order chi connectivity index (χ0) is 18.4. The van der Waals surface area contributed by atoms with Crippen molar-refractivity contribution in [3.8, 4) is 22.6 Å². The Bertz CT molecular complexity index is 1080. The van der Waals surface area contributed by atoms with E-state index in [0.29, 0.717) is 13.2 Å². The van der Waals surface area contributed by atoms with E-state index >= 15 is 0 Å². The average molecular weight is 364 g/mol. The molecule has 1 atom stereocenters. The number of nitrogens with zero attached hydrogens (tertiary/aromatic N) is 6. The average Bonchev–Trinajstić information content (AvgIpc) is 3.41. The lowest BCUT2D eigenvalue weighted by atomic mass is 10.1. The molecule has 9 nitrogen and oxygen atoms in total. The third-order valence-corrected chi connectivity index (χ3v) is 5.01. The molecule has 0 bridgehead atoms. The predicted octanol–water partition coefficient (Wildman–Crippen LogP) is 2.04. The van der Waals surface area contributed by atoms with Gasteiger partial charge >= 0.3 is 0 Å². The number of aromatic nitrogens is 7. The summed E-state index contributed by atoms with van der Waals surface area (Å²) >= 11 is 0. The van der Waals surface area contributed by atoms with E-state index in [1.807, 2.05) is 29.9 Å². The Labute approximate surface area is 155 Å². The lowest BCUT2D eigenvalue weighted by Crippen LogP contribution is -2.44. The van der Waals surface area contributed by atoms with E-state index in [1.54, 1.807) is 6.20 Å². The number of hydrogen-bond acceptors (Lipinski definition) is 6. The molecule has 27 heavy (non-hydrogen) atoms. The van der Waals surface area contributed by atoms with Crippen LogP contribution < -0.4 is 4.90 Å². The van der Waals surface area contributed by atoms with Crippen LogP contribution in [0.25, 0.3) is 28.2 Å². The van der Waals surface area contributed by atoms with Gasteiger partial charge in [0.1, 0.15) is 5.69 Å². The van der Waals surface area contributed by atoms with Gasteiger partial charge in [0.25, 0.3) is 0 Å². The molecule has 1 aliphatic rings. The van der Waals surface area contributed by atoms with Crippen molar-refractivity contribution in [2.45, 2.75) is 19.9 Å². The topological polar surface area (TPSA) is 100 Å². The maximum absolute atomic E-state index is 5.59. The third-order valence-electron chi connectivity index (χ3n) is 5.01. The number of imidazole rings is 1. The van der Waals surface area contributed by atoms with Gasteiger partial charge in [-0.05, 0) is 26.0 Å². The zero-order valence-electron chi connectivity index (χ0n) is 15.2. The molecule has 0 unspecified atom stereocenters. The summed E-state index contributed by atoms with van der Waals surface area (Å²) < 4.78 is 7.48. The highest BCUT2D eigenvalue weighted by Crippen LogP contribution is 2.32. The first kappa shape index (κ1) is 16.0. The van der Waals surface area contributed by atoms with E-state index in [-0.39, 0.29) is 6.04 Å². The van der Waals surface area contributed by atoms with E-state index in [1.165, 1.54) is 0 Å². The fourth-order valence-corrected chi connectivity index (χ4v) is 3.57. The molecule has 2 N–H and O–H groups in total. The van der Waals surface area contributed by atoms with Gasteiger partial charge < -0.3 is 9.64 Å². The van der Waals surface area contributed by atoms with Crippen molar-refractivity contribution in [2.75, 3.05) is 24.7 Å². The van der Waals surface area contributed by atoms with Crippen LogP contribution in [0.5, 0.6) is 0 Å². The van der Waals surface area contributed by atoms with Gasteiger partial charge in [-0.1, -0.05) is 0 Å². The van der Waals surface area contributed by atoms with Crippen LogP contribution in [0.15, 0.2) is 30.7 Å². The van der Waals surface area contributed by atoms with E-state index < -0.39 is 0 Å². The Balaban J connectivity index is 1.76. The second-order valence-electron chi connectivity index (χ2n) is 6.79. The smallest absolute Gasteiger partial charge is 0.179 e. The lowest BCUT2D eigenvalue weighted by Gasteiger charge is -2.34. The molecule has 138 valence electrons. The maximum Gasteiger partial charge on any atom is 0.179 e. The van der Waals surface area contributed by atoms with Crippen LogP contribution in [0.4, 0.5) is 5.82 Å². The third kappa shape index (κ3) is 2.58. The van der Waals surface area contributed by atoms with Gasteiger partial charge in [-0.25, -0.2) is 9.50 Å². The SMILES string of the molecule is Cc1[nH]ncc1-c1cc(N2CCOC[C@H]2C)nn2c(-c3ccn[nH]3)ncc12. The first-order chi connectivity index (χ1) is 13.2. The van der Waals surface area contributed by atoms with E-state index in [2.05, 4.69) is 43.3 Å². The molecule has 0 saturated carbocycles. The Hall–Kier alpha value is -3.20. The molecule has 0 aliphatic carbocycles. The van der Waals surface area contributed by atoms with E-state index in [9.17, 15) is 0 Å². The highest BCUT2D eigenvalue weighted by atomic mass is 16.5. The van der Waals surface area contributed by atoms with Crippen molar-refractivity contribution in [1.82, 2.24) is 35.0 Å². The largest absolute Gasteiger partial charge is 0.377 e. The Kier molecular flexibility index (Phi) is 3.68. The molecule has 1 fully saturated rings. The first-order valence-corrected chi connectivity index (χ1v) is 8.95. The van der Waals surface area contributed by atoms with Crippen molar-refractivity contribution in [1.29, 1.82) is 0 Å². The number of anilines is 1. The molecular formula is C18H20N8O. The fraction of sp³-hybridized carbons (Fsp3) is 0.333. The van der Waals surface area contributed by atoms with E-state index in [0.717, 1.165) is 46.2 Å². The Morgan fingerprint density at radius 3 is 2.85 bits per heavy atom. The second-order valence-corrected chi connectivity index (χ2v) is 6.79. The Morgan fingerprint density at radius 2 is 2.11 bits per heavy atom. The number of hydrogen-bond donors (Lipinski definition) is 2. The van der Waals surface area contributed by atoms with Crippen LogP contribution in [0.3, 0.4) is 0 Å². The molecule has 9 heteroatoms. The van der Waals surface area contributed by atoms with Gasteiger partial charge in [-0.3, -0.25) is 10.2 Å². The van der Waals surface area contributed by atoms with Crippen molar-refractivity contribution >= 4 is 11.3 Å². The zero-order valence-corrected chi connectivity index (χ0v) is 15.2. The number of H-pyrrole nitrogens is 2. The van der Waals surface area contributed by atoms with Gasteiger partial charge in [0.15, 0.2) is 11.6 Å². The maximum atomic E-state index is 5.59. The number of morpholine rings is 1. The van der Waals surface area contributed by atoms with Gasteiger partial charge in [-0.2, -0.15) is 10.2 Å². The van der Waals surface area contributed by atoms with Crippen LogP contribution in [0.2, 0.25) is 0 Å². The Morgan fingerprint density at radius 1 is 1.19 bits per heavy atom. The van der Waals surface area contributed by atoms with Gasteiger partial charge in [-0.15, -0.1) is 5.10 Å². The van der Waals surface area contributed by atoms with Crippen LogP contribution in [0.1, 0.15) is 12.6 Å². The minimum atomic E-state index is 0.251. The number of aryl methyl sites for hydroxylation is 1. The summed E-state index contributed by atoms with van der Waals surface area (Å²) in [5.41, 5.74) is 4.84. The second kappa shape index (κ2) is 6.20. The molecule has 1 aliphatic heterocycles. The molecule has 0 spiro atoms. The molecule has 0 amide bonds. The van der Waals surface area contributed by atoms with Gasteiger partial charge in [0.2, 0.25) is 0 Å². The number of aromatic amines is 2. The summed E-state index contributed by atoms with van der Waals surface area (Å²) in [4.78, 5) is 6.88. The summed E-state index contributed by atoms with van der Waals surface area (Å²) in [5, 5.41) is 19.2. The van der Waals surface area contributed by atoms with Crippen LogP contribution in [-0.2, 0) is 4.74 Å². The summed E-state index contributed by atoms with van der Waals surface area (Å²) in [5.74, 6) is 1.63. The van der Waals surface area contributed by atoms with Crippen molar-refractivity contribution in [2.24, 2.45) is 0 Å². The summed E-state index contributed by atoms with van der Waals surface area (Å²) in [6.07, 6.45) is 5.41. The summed E-state index contributed by atoms with van der Waals surface area (Å²) in [7, 11) is 0. The minimum absolute atomic E-state index is 0.251. The predicted molar refractivity (Wildman–Crippen MR) is 101 cm³/mol. The minimum Gasteiger partial charge on any atom is -0.377 e. The van der Waals surface area contributed by atoms with Crippen molar-refractivity contribution in [3.63, 3.8) is 0 Å². The van der Waals surface area contributed by atoms with Crippen LogP contribution in [-0.4, -0.2) is 60.8 Å². The van der Waals surface area contributed by atoms with Gasteiger partial charge in [0, 0.05) is 29.6 Å². The molecule has 5 heterocycles. The lowest BCUT2D eigenvalue weighted by molar-refractivity contribution is 0.0984. The van der Waals surface area contributed by atoms with Crippen molar-refractivity contribution in [3.05, 3.63) is 36.4 Å². The summed E-state index contributed by atoms with van der Waals surface area (Å²) in [6.45, 7) is 6.36. The van der Waals surface area contributed by atoms with Crippen LogP contribution >= 0.6 is 0 Å². The molecule has 0 aromatic carbocycles. The molecule has 4 aromatic rings. The number of ether oxygens (including phenoxy) is 1. The molecule has 0 radical (unpaired) electrons. The number of rotatable bonds is 3. The highest BCUT2D eigenvalue weighted by molar-refractivity contribution is 5.83. The molecular weight excluding hydrogens is 344 g/mol. The number of nitrogens with one attached hydrogen (secondary N) is 2. The monoisotopic (exact) mass is 364 g/mol. The molecule has 5 rings (SSSR count). The normalized spacial score (nSPS) is 17.7. The molecule has 4 aromatic heterocycles.